The summed E-state index contributed by atoms with van der Waals surface area (Å²) in [6.07, 6.45) is 0. The molecule has 2 rings (SSSR count). The monoisotopic (exact) mass is 409 g/mol. The summed E-state index contributed by atoms with van der Waals surface area (Å²) in [5.41, 5.74) is 1.28. The van der Waals surface area contributed by atoms with Gasteiger partial charge in [0.25, 0.3) is 5.69 Å². The van der Waals surface area contributed by atoms with Crippen molar-refractivity contribution in [2.75, 3.05) is 26.1 Å². The predicted octanol–water partition coefficient (Wildman–Crippen LogP) is 4.48. The Bertz CT molecular complexity index is 847. The Morgan fingerprint density at radius 1 is 1.30 bits per heavy atom. The van der Waals surface area contributed by atoms with Crippen LogP contribution in [0.4, 0.5) is 11.4 Å². The molecule has 0 radical (unpaired) electrons. The van der Waals surface area contributed by atoms with E-state index >= 15 is 0 Å². The van der Waals surface area contributed by atoms with E-state index in [4.69, 9.17) is 33.3 Å². The molecule has 0 aromatic heterocycles. The number of hydrogen-bond donors (Lipinski definition) is 1. The number of thiocarbonyl (C=S) groups is 1. The molecule has 0 bridgehead atoms. The third-order valence-electron chi connectivity index (χ3n) is 3.70. The van der Waals surface area contributed by atoms with Crippen LogP contribution in [0.15, 0.2) is 36.4 Å². The van der Waals surface area contributed by atoms with Crippen LogP contribution in [0.1, 0.15) is 12.5 Å². The quantitative estimate of drug-likeness (QED) is 0.410. The minimum atomic E-state index is -0.486. The maximum absolute atomic E-state index is 10.9. The zero-order chi connectivity index (χ0) is 20.0. The molecule has 0 unspecified atom stereocenters. The molecule has 0 saturated heterocycles. The van der Waals surface area contributed by atoms with Crippen molar-refractivity contribution >= 4 is 40.3 Å². The average molecular weight is 410 g/mol. The van der Waals surface area contributed by atoms with Gasteiger partial charge in [-0.15, -0.1) is 0 Å². The minimum absolute atomic E-state index is 0.0661. The number of hydrogen-bond acceptors (Lipinski definition) is 5. The van der Waals surface area contributed by atoms with Crippen molar-refractivity contribution in [2.24, 2.45) is 0 Å². The lowest BCUT2D eigenvalue weighted by Gasteiger charge is -2.22. The number of nitro groups is 1. The molecule has 9 heteroatoms. The predicted molar refractivity (Wildman–Crippen MR) is 110 cm³/mol. The van der Waals surface area contributed by atoms with Crippen molar-refractivity contribution in [1.29, 1.82) is 0 Å². The molecule has 0 aliphatic rings. The molecule has 27 heavy (non-hydrogen) atoms. The Balaban J connectivity index is 2.10. The van der Waals surface area contributed by atoms with Gasteiger partial charge in [-0.1, -0.05) is 17.7 Å². The molecule has 0 amide bonds. The maximum Gasteiger partial charge on any atom is 0.271 e. The fourth-order valence-electron chi connectivity index (χ4n) is 2.36. The maximum atomic E-state index is 10.9. The summed E-state index contributed by atoms with van der Waals surface area (Å²) < 4.78 is 10.9. The highest BCUT2D eigenvalue weighted by Crippen LogP contribution is 2.29. The Morgan fingerprint density at radius 2 is 2.04 bits per heavy atom. The van der Waals surface area contributed by atoms with Crippen molar-refractivity contribution in [1.82, 2.24) is 4.90 Å². The summed E-state index contributed by atoms with van der Waals surface area (Å²) in [6.45, 7) is 2.96. The van der Waals surface area contributed by atoms with E-state index in [1.807, 2.05) is 32.2 Å². The number of nitrogens with one attached hydrogen (secondary N) is 1. The first-order valence-electron chi connectivity index (χ1n) is 8.11. The summed E-state index contributed by atoms with van der Waals surface area (Å²) in [5, 5.41) is 14.6. The first-order chi connectivity index (χ1) is 12.8. The van der Waals surface area contributed by atoms with E-state index in [1.165, 1.54) is 18.2 Å². The van der Waals surface area contributed by atoms with Crippen molar-refractivity contribution in [3.8, 4) is 11.5 Å². The lowest BCUT2D eigenvalue weighted by molar-refractivity contribution is -0.384. The number of nitrogens with zero attached hydrogens (tertiary/aromatic N) is 2. The average Bonchev–Trinajstić information content (AvgIpc) is 2.64. The van der Waals surface area contributed by atoms with Crippen molar-refractivity contribution in [3.63, 3.8) is 0 Å². The Kier molecular flexibility index (Phi) is 7.20. The van der Waals surface area contributed by atoms with Crippen LogP contribution in [0.25, 0.3) is 0 Å². The Labute approximate surface area is 168 Å². The van der Waals surface area contributed by atoms with Crippen LogP contribution in [-0.2, 0) is 6.54 Å². The highest BCUT2D eigenvalue weighted by Gasteiger charge is 2.13. The van der Waals surface area contributed by atoms with Crippen LogP contribution < -0.4 is 14.8 Å². The van der Waals surface area contributed by atoms with Gasteiger partial charge in [0, 0.05) is 25.7 Å². The molecule has 0 fully saturated rings. The molecule has 144 valence electrons. The number of nitro benzene ring substituents is 1. The molecule has 0 heterocycles. The lowest BCUT2D eigenvalue weighted by Crippen LogP contribution is -2.30. The van der Waals surface area contributed by atoms with Crippen LogP contribution >= 0.6 is 23.8 Å². The number of ether oxygens (including phenoxy) is 2. The fraction of sp³-hybridized carbons (Fsp3) is 0.278. The summed E-state index contributed by atoms with van der Waals surface area (Å²) in [6, 6.07) is 9.80. The standard InChI is InChI=1S/C18H20ClN3O4S/c1-4-26-16-8-5-12(9-17(16)25-3)11-21(2)18(27)20-15-10-13(22(23)24)6-7-14(15)19/h5-10H,4,11H2,1-3H3,(H,20,27). The van der Waals surface area contributed by atoms with E-state index in [0.29, 0.717) is 40.5 Å². The van der Waals surface area contributed by atoms with Crippen molar-refractivity contribution in [3.05, 3.63) is 57.1 Å². The SMILES string of the molecule is CCOc1ccc(CN(C)C(=S)Nc2cc([N+](=O)[O-])ccc2Cl)cc1OC. The van der Waals surface area contributed by atoms with Crippen molar-refractivity contribution < 1.29 is 14.4 Å². The molecule has 1 N–H and O–H groups in total. The van der Waals surface area contributed by atoms with Gasteiger partial charge in [0.2, 0.25) is 0 Å². The second-order valence-electron chi connectivity index (χ2n) is 5.63. The number of anilines is 1. The largest absolute Gasteiger partial charge is 0.493 e. The number of methoxy groups -OCH3 is 1. The second kappa shape index (κ2) is 9.38. The third-order valence-corrected chi connectivity index (χ3v) is 4.44. The zero-order valence-corrected chi connectivity index (χ0v) is 16.8. The number of benzene rings is 2. The van der Waals surface area contributed by atoms with Crippen LogP contribution in [0, 0.1) is 10.1 Å². The molecule has 0 aliphatic carbocycles. The highest BCUT2D eigenvalue weighted by atomic mass is 35.5. The molecule has 7 nitrogen and oxygen atoms in total. The first-order valence-corrected chi connectivity index (χ1v) is 8.90. The zero-order valence-electron chi connectivity index (χ0n) is 15.2. The van der Waals surface area contributed by atoms with Gasteiger partial charge >= 0.3 is 0 Å². The van der Waals surface area contributed by atoms with Crippen LogP contribution in [0.2, 0.25) is 5.02 Å². The Morgan fingerprint density at radius 3 is 2.67 bits per heavy atom. The van der Waals surface area contributed by atoms with Gasteiger partial charge in [-0.2, -0.15) is 0 Å². The van der Waals surface area contributed by atoms with Gasteiger partial charge in [0.1, 0.15) is 0 Å². The third kappa shape index (κ3) is 5.45. The topological polar surface area (TPSA) is 76.9 Å². The molecule has 0 atom stereocenters. The van der Waals surface area contributed by atoms with E-state index in [-0.39, 0.29) is 5.69 Å². The van der Waals surface area contributed by atoms with Gasteiger partial charge in [0.15, 0.2) is 16.6 Å². The fourth-order valence-corrected chi connectivity index (χ4v) is 2.70. The smallest absolute Gasteiger partial charge is 0.271 e. The normalized spacial score (nSPS) is 10.2. The number of rotatable bonds is 7. The van der Waals surface area contributed by atoms with Crippen molar-refractivity contribution in [2.45, 2.75) is 13.5 Å². The van der Waals surface area contributed by atoms with Gasteiger partial charge in [0.05, 0.1) is 29.4 Å². The molecular weight excluding hydrogens is 390 g/mol. The van der Waals surface area contributed by atoms with Crippen LogP contribution in [-0.4, -0.2) is 35.7 Å². The van der Waals surface area contributed by atoms with E-state index in [1.54, 1.807) is 12.0 Å². The van der Waals surface area contributed by atoms with E-state index in [0.717, 1.165) is 5.56 Å². The summed E-state index contributed by atoms with van der Waals surface area (Å²) >= 11 is 11.5. The second-order valence-corrected chi connectivity index (χ2v) is 6.42. The van der Waals surface area contributed by atoms with E-state index < -0.39 is 4.92 Å². The summed E-state index contributed by atoms with van der Waals surface area (Å²) in [5.74, 6) is 1.32. The van der Waals surface area contributed by atoms with Crippen LogP contribution in [0.3, 0.4) is 0 Å². The lowest BCUT2D eigenvalue weighted by atomic mass is 10.2. The molecule has 2 aromatic rings. The van der Waals surface area contributed by atoms with Gasteiger partial charge in [-0.05, 0) is 42.9 Å². The molecule has 0 spiro atoms. The number of non-ortho nitro benzene ring substituents is 1. The number of halogens is 1. The Hall–Kier alpha value is -2.58. The summed E-state index contributed by atoms with van der Waals surface area (Å²) in [7, 11) is 3.39. The molecule has 2 aromatic carbocycles. The molecule has 0 saturated carbocycles. The highest BCUT2D eigenvalue weighted by molar-refractivity contribution is 7.80. The molecular formula is C18H20ClN3O4S. The minimum Gasteiger partial charge on any atom is -0.493 e. The van der Waals surface area contributed by atoms with Gasteiger partial charge in [-0.3, -0.25) is 10.1 Å². The van der Waals surface area contributed by atoms with Gasteiger partial charge in [-0.25, -0.2) is 0 Å². The van der Waals surface area contributed by atoms with Gasteiger partial charge < -0.3 is 19.7 Å². The van der Waals surface area contributed by atoms with Crippen LogP contribution in [0.5, 0.6) is 11.5 Å². The van der Waals surface area contributed by atoms with E-state index in [2.05, 4.69) is 5.32 Å². The first kappa shape index (κ1) is 20.7. The summed E-state index contributed by atoms with van der Waals surface area (Å²) in [4.78, 5) is 12.2. The van der Waals surface area contributed by atoms with E-state index in [9.17, 15) is 10.1 Å². The molecule has 0 aliphatic heterocycles.